The summed E-state index contributed by atoms with van der Waals surface area (Å²) in [7, 11) is -3.75. The fraction of sp³-hybridized carbons (Fsp3) is 0.538. The van der Waals surface area contributed by atoms with Crippen LogP contribution in [-0.4, -0.2) is 45.5 Å². The maximum atomic E-state index is 11.4. The van der Waals surface area contributed by atoms with Gasteiger partial charge in [0.1, 0.15) is 4.90 Å². The molecule has 3 rings (SSSR count). The van der Waals surface area contributed by atoms with E-state index in [1.807, 2.05) is 0 Å². The lowest BCUT2D eigenvalue weighted by atomic mass is 10.1. The number of sulfonamides is 1. The van der Waals surface area contributed by atoms with Crippen molar-refractivity contribution in [3.8, 4) is 0 Å². The van der Waals surface area contributed by atoms with Gasteiger partial charge in [-0.25, -0.2) is 13.6 Å². The number of rotatable bonds is 2. The van der Waals surface area contributed by atoms with Crippen molar-refractivity contribution in [2.45, 2.75) is 23.8 Å². The highest BCUT2D eigenvalue weighted by Gasteiger charge is 2.30. The van der Waals surface area contributed by atoms with Crippen molar-refractivity contribution < 1.29 is 8.42 Å². The molecule has 20 heavy (non-hydrogen) atoms. The van der Waals surface area contributed by atoms with Crippen LogP contribution in [0.25, 0.3) is 0 Å². The van der Waals surface area contributed by atoms with E-state index in [0.29, 0.717) is 6.04 Å². The molecule has 0 amide bonds. The summed E-state index contributed by atoms with van der Waals surface area (Å²) < 4.78 is 22.7. The van der Waals surface area contributed by atoms with Gasteiger partial charge in [0, 0.05) is 31.4 Å². The summed E-state index contributed by atoms with van der Waals surface area (Å²) in [4.78, 5) is 4.80. The van der Waals surface area contributed by atoms with Crippen LogP contribution in [0, 0.1) is 0 Å². The maximum absolute atomic E-state index is 11.4. The summed E-state index contributed by atoms with van der Waals surface area (Å²) in [5.41, 5.74) is 7.02. The van der Waals surface area contributed by atoms with E-state index in [1.165, 1.54) is 25.5 Å². The Labute approximate surface area is 119 Å². The Bertz CT molecular complexity index is 617. The van der Waals surface area contributed by atoms with E-state index in [9.17, 15) is 8.42 Å². The van der Waals surface area contributed by atoms with Crippen LogP contribution in [-0.2, 0) is 10.0 Å². The first-order valence-electron chi connectivity index (χ1n) is 6.86. The zero-order valence-corrected chi connectivity index (χ0v) is 12.1. The molecule has 1 aromatic carbocycles. The second-order valence-corrected chi connectivity index (χ2v) is 7.08. The van der Waals surface area contributed by atoms with E-state index in [1.54, 1.807) is 12.1 Å². The van der Waals surface area contributed by atoms with Gasteiger partial charge in [0.25, 0.3) is 0 Å². The molecule has 2 heterocycles. The normalized spacial score (nSPS) is 23.9. The smallest absolute Gasteiger partial charge is 0.240 e. The van der Waals surface area contributed by atoms with E-state index in [2.05, 4.69) is 9.80 Å². The zero-order valence-electron chi connectivity index (χ0n) is 11.3. The maximum Gasteiger partial charge on any atom is 0.240 e. The molecular weight excluding hydrogens is 276 g/mol. The Morgan fingerprint density at radius 3 is 2.70 bits per heavy atom. The number of benzene rings is 1. The Balaban J connectivity index is 1.83. The van der Waals surface area contributed by atoms with Crippen molar-refractivity contribution in [1.82, 2.24) is 4.90 Å². The monoisotopic (exact) mass is 296 g/mol. The lowest BCUT2D eigenvalue weighted by Crippen LogP contribution is -2.50. The average molecular weight is 296 g/mol. The molecule has 1 unspecified atom stereocenters. The fourth-order valence-electron chi connectivity index (χ4n) is 3.22. The van der Waals surface area contributed by atoms with E-state index in [0.717, 1.165) is 25.3 Å². The molecule has 0 saturated carbocycles. The Kier molecular flexibility index (Phi) is 3.35. The third-order valence-corrected chi connectivity index (χ3v) is 5.24. The lowest BCUT2D eigenvalue weighted by Gasteiger charge is -2.39. The first-order chi connectivity index (χ1) is 9.45. The van der Waals surface area contributed by atoms with Crippen LogP contribution in [0.3, 0.4) is 0 Å². The number of hydrogen-bond acceptors (Lipinski definition) is 5. The van der Waals surface area contributed by atoms with Crippen molar-refractivity contribution in [2.75, 3.05) is 36.8 Å². The minimum absolute atomic E-state index is 0.000697. The van der Waals surface area contributed by atoms with Gasteiger partial charge in [0.05, 0.1) is 5.69 Å². The minimum atomic E-state index is -3.75. The Morgan fingerprint density at radius 2 is 2.00 bits per heavy atom. The van der Waals surface area contributed by atoms with E-state index < -0.39 is 10.0 Å². The first-order valence-corrected chi connectivity index (χ1v) is 8.41. The van der Waals surface area contributed by atoms with Gasteiger partial charge in [-0.3, -0.25) is 4.90 Å². The molecule has 2 aliphatic heterocycles. The number of nitrogens with zero attached hydrogens (tertiary/aromatic N) is 2. The largest absolute Gasteiger partial charge is 0.398 e. The quantitative estimate of drug-likeness (QED) is 0.761. The van der Waals surface area contributed by atoms with Gasteiger partial charge in [0.15, 0.2) is 0 Å². The summed E-state index contributed by atoms with van der Waals surface area (Å²) in [6, 6.07) is 5.62. The number of anilines is 2. The van der Waals surface area contributed by atoms with Gasteiger partial charge >= 0.3 is 0 Å². The molecule has 2 fully saturated rings. The topological polar surface area (TPSA) is 92.7 Å². The van der Waals surface area contributed by atoms with Crippen molar-refractivity contribution in [1.29, 1.82) is 0 Å². The number of nitrogens with two attached hydrogens (primary N) is 2. The molecule has 0 bridgehead atoms. The molecule has 2 aliphatic rings. The first kappa shape index (κ1) is 13.7. The number of hydrogen-bond donors (Lipinski definition) is 2. The van der Waals surface area contributed by atoms with E-state index in [-0.39, 0.29) is 10.6 Å². The molecule has 0 aliphatic carbocycles. The predicted molar refractivity (Wildman–Crippen MR) is 79.0 cm³/mol. The number of primary sulfonamides is 1. The highest BCUT2D eigenvalue weighted by Crippen LogP contribution is 2.28. The van der Waals surface area contributed by atoms with Gasteiger partial charge in [-0.2, -0.15) is 0 Å². The molecule has 0 aromatic heterocycles. The van der Waals surface area contributed by atoms with Crippen LogP contribution < -0.4 is 15.8 Å². The van der Waals surface area contributed by atoms with Gasteiger partial charge in [-0.15, -0.1) is 0 Å². The summed E-state index contributed by atoms with van der Waals surface area (Å²) >= 11 is 0. The van der Waals surface area contributed by atoms with Gasteiger partial charge in [-0.1, -0.05) is 0 Å². The Morgan fingerprint density at radius 1 is 1.20 bits per heavy atom. The second kappa shape index (κ2) is 4.91. The summed E-state index contributed by atoms with van der Waals surface area (Å²) in [5, 5.41) is 5.13. The van der Waals surface area contributed by atoms with Gasteiger partial charge in [0.2, 0.25) is 10.0 Å². The zero-order chi connectivity index (χ0) is 14.3. The highest BCUT2D eigenvalue weighted by molar-refractivity contribution is 7.89. The number of fused-ring (bicyclic) bond motifs is 1. The van der Waals surface area contributed by atoms with Crippen molar-refractivity contribution in [3.05, 3.63) is 18.2 Å². The van der Waals surface area contributed by atoms with Crippen LogP contribution >= 0.6 is 0 Å². The van der Waals surface area contributed by atoms with Gasteiger partial charge in [-0.05, 0) is 37.6 Å². The Hall–Kier alpha value is -1.31. The van der Waals surface area contributed by atoms with Crippen LogP contribution in [0.2, 0.25) is 0 Å². The van der Waals surface area contributed by atoms with Crippen molar-refractivity contribution in [3.63, 3.8) is 0 Å². The standard InChI is InChI=1S/C13H20N4O2S/c14-12-8-10(3-4-13(12)20(15,18)19)17-7-6-16-5-1-2-11(16)9-17/h3-4,8,11H,1-2,5-7,9,14H2,(H2,15,18,19). The number of nitrogen functional groups attached to an aromatic ring is 1. The molecule has 1 aromatic rings. The lowest BCUT2D eigenvalue weighted by molar-refractivity contribution is 0.231. The minimum Gasteiger partial charge on any atom is -0.398 e. The van der Waals surface area contributed by atoms with Crippen LogP contribution in [0.4, 0.5) is 11.4 Å². The molecule has 7 heteroatoms. The molecular formula is C13H20N4O2S. The molecule has 110 valence electrons. The molecule has 0 radical (unpaired) electrons. The highest BCUT2D eigenvalue weighted by atomic mass is 32.2. The van der Waals surface area contributed by atoms with E-state index >= 15 is 0 Å². The van der Waals surface area contributed by atoms with Crippen LogP contribution in [0.1, 0.15) is 12.8 Å². The summed E-state index contributed by atoms with van der Waals surface area (Å²) in [6.45, 7) is 4.19. The SMILES string of the molecule is Nc1cc(N2CCN3CCCC3C2)ccc1S(N)(=O)=O. The van der Waals surface area contributed by atoms with Crippen LogP contribution in [0.15, 0.2) is 23.1 Å². The fourth-order valence-corrected chi connectivity index (χ4v) is 3.86. The van der Waals surface area contributed by atoms with Crippen molar-refractivity contribution in [2.24, 2.45) is 5.14 Å². The second-order valence-electron chi connectivity index (χ2n) is 5.55. The van der Waals surface area contributed by atoms with Crippen molar-refractivity contribution >= 4 is 21.4 Å². The van der Waals surface area contributed by atoms with E-state index in [4.69, 9.17) is 10.9 Å². The molecule has 0 spiro atoms. The summed E-state index contributed by atoms with van der Waals surface area (Å²) in [5.74, 6) is 0. The summed E-state index contributed by atoms with van der Waals surface area (Å²) in [6.07, 6.45) is 2.51. The van der Waals surface area contributed by atoms with Crippen LogP contribution in [0.5, 0.6) is 0 Å². The molecule has 2 saturated heterocycles. The number of piperazine rings is 1. The molecule has 1 atom stereocenters. The third-order valence-electron chi connectivity index (χ3n) is 4.25. The average Bonchev–Trinajstić information content (AvgIpc) is 2.84. The molecule has 6 nitrogen and oxygen atoms in total. The molecule has 4 N–H and O–H groups in total. The third kappa shape index (κ3) is 2.48. The van der Waals surface area contributed by atoms with Gasteiger partial charge < -0.3 is 10.6 Å². The predicted octanol–water partition coefficient (Wildman–Crippen LogP) is 0.201.